The Morgan fingerprint density at radius 1 is 1.86 bits per heavy atom. The lowest BCUT2D eigenvalue weighted by Gasteiger charge is -2.31. The SMILES string of the molecule is [O]C1(F)CCC1Cl. The van der Waals surface area contributed by atoms with Crippen LogP contribution in [-0.4, -0.2) is 11.2 Å². The highest BCUT2D eigenvalue weighted by atomic mass is 35.5. The normalized spacial score (nSPS) is 51.0. The van der Waals surface area contributed by atoms with Gasteiger partial charge in [0.1, 0.15) is 0 Å². The van der Waals surface area contributed by atoms with E-state index in [1.165, 1.54) is 0 Å². The van der Waals surface area contributed by atoms with Crippen LogP contribution in [0.2, 0.25) is 0 Å². The fourth-order valence-electron chi connectivity index (χ4n) is 0.480. The van der Waals surface area contributed by atoms with E-state index in [1.807, 2.05) is 0 Å². The molecule has 1 radical (unpaired) electrons. The van der Waals surface area contributed by atoms with Gasteiger partial charge in [0, 0.05) is 6.42 Å². The van der Waals surface area contributed by atoms with Gasteiger partial charge in [-0.3, -0.25) is 0 Å². The van der Waals surface area contributed by atoms with Crippen molar-refractivity contribution in [3.05, 3.63) is 0 Å². The van der Waals surface area contributed by atoms with Gasteiger partial charge in [0.2, 0.25) is 0 Å². The van der Waals surface area contributed by atoms with Gasteiger partial charge < -0.3 is 0 Å². The molecule has 2 atom stereocenters. The Morgan fingerprint density at radius 2 is 2.29 bits per heavy atom. The Hall–Kier alpha value is 0.180. The predicted molar refractivity (Wildman–Crippen MR) is 23.4 cm³/mol. The minimum absolute atomic E-state index is 0.0845. The largest absolute Gasteiger partial charge is 0.257 e. The molecule has 7 heavy (non-hydrogen) atoms. The van der Waals surface area contributed by atoms with Gasteiger partial charge >= 0.3 is 0 Å². The van der Waals surface area contributed by atoms with Gasteiger partial charge in [-0.2, -0.15) is 5.11 Å². The summed E-state index contributed by atoms with van der Waals surface area (Å²) in [6.45, 7) is 0. The number of halogens is 2. The molecule has 0 spiro atoms. The molecule has 3 heteroatoms. The van der Waals surface area contributed by atoms with Crippen LogP contribution < -0.4 is 0 Å². The summed E-state index contributed by atoms with van der Waals surface area (Å²) in [5, 5.41) is 9.32. The van der Waals surface area contributed by atoms with Crippen LogP contribution in [0.4, 0.5) is 4.39 Å². The number of rotatable bonds is 0. The van der Waals surface area contributed by atoms with Crippen molar-refractivity contribution >= 4 is 11.6 Å². The second-order valence-corrected chi connectivity index (χ2v) is 2.32. The Labute approximate surface area is 46.1 Å². The predicted octanol–water partition coefficient (Wildman–Crippen LogP) is 1.48. The topological polar surface area (TPSA) is 19.9 Å². The van der Waals surface area contributed by atoms with Gasteiger partial charge in [0.15, 0.2) is 0 Å². The molecule has 0 aliphatic heterocycles. The van der Waals surface area contributed by atoms with E-state index in [-0.39, 0.29) is 6.42 Å². The van der Waals surface area contributed by atoms with Crippen molar-refractivity contribution in [1.29, 1.82) is 0 Å². The van der Waals surface area contributed by atoms with Crippen LogP contribution in [0.5, 0.6) is 0 Å². The first-order valence-corrected chi connectivity index (χ1v) is 2.60. The zero-order chi connectivity index (χ0) is 5.49. The monoisotopic (exact) mass is 123 g/mol. The molecule has 1 rings (SSSR count). The summed E-state index contributed by atoms with van der Waals surface area (Å²) < 4.78 is 11.9. The quantitative estimate of drug-likeness (QED) is 0.435. The maximum absolute atomic E-state index is 11.9. The standard InChI is InChI=1S/C4H5ClFO/c5-3-1-2-4(3,6)7/h3H,1-2H2. The second-order valence-electron chi connectivity index (χ2n) is 1.79. The van der Waals surface area contributed by atoms with Gasteiger partial charge in [-0.15, -0.1) is 11.6 Å². The van der Waals surface area contributed by atoms with Crippen molar-refractivity contribution < 1.29 is 9.50 Å². The molecule has 1 aliphatic rings. The molecule has 0 aromatic rings. The first kappa shape index (κ1) is 5.32. The summed E-state index contributed by atoms with van der Waals surface area (Å²) >= 11 is 5.15. The maximum Gasteiger partial charge on any atom is 0.257 e. The van der Waals surface area contributed by atoms with Crippen molar-refractivity contribution in [2.75, 3.05) is 0 Å². The minimum atomic E-state index is -2.30. The molecule has 0 saturated heterocycles. The summed E-state index contributed by atoms with van der Waals surface area (Å²) in [7, 11) is 0. The van der Waals surface area contributed by atoms with Crippen molar-refractivity contribution in [3.8, 4) is 0 Å². The highest BCUT2D eigenvalue weighted by molar-refractivity contribution is 6.21. The van der Waals surface area contributed by atoms with Gasteiger partial charge in [-0.25, -0.2) is 4.39 Å². The van der Waals surface area contributed by atoms with Crippen molar-refractivity contribution in [1.82, 2.24) is 0 Å². The van der Waals surface area contributed by atoms with Gasteiger partial charge in [-0.1, -0.05) is 0 Å². The molecule has 0 aromatic carbocycles. The number of alkyl halides is 2. The third-order valence-electron chi connectivity index (χ3n) is 1.21. The molecule has 2 unspecified atom stereocenters. The first-order chi connectivity index (χ1) is 3.13. The number of hydrogen-bond donors (Lipinski definition) is 0. The molecular weight excluding hydrogens is 118 g/mol. The highest BCUT2D eigenvalue weighted by Gasteiger charge is 2.46. The molecule has 1 saturated carbocycles. The van der Waals surface area contributed by atoms with Crippen LogP contribution in [0.15, 0.2) is 0 Å². The van der Waals surface area contributed by atoms with E-state index < -0.39 is 11.2 Å². The number of hydrogen-bond acceptors (Lipinski definition) is 0. The molecule has 0 aromatic heterocycles. The van der Waals surface area contributed by atoms with Crippen LogP contribution in [0.25, 0.3) is 0 Å². The molecule has 1 fully saturated rings. The van der Waals surface area contributed by atoms with Gasteiger partial charge in [-0.05, 0) is 6.42 Å². The average molecular weight is 124 g/mol. The van der Waals surface area contributed by atoms with E-state index in [0.29, 0.717) is 6.42 Å². The van der Waals surface area contributed by atoms with Crippen LogP contribution in [0.1, 0.15) is 12.8 Å². The van der Waals surface area contributed by atoms with Gasteiger partial charge in [0.25, 0.3) is 5.85 Å². The van der Waals surface area contributed by atoms with Crippen LogP contribution in [-0.2, 0) is 5.11 Å². The second kappa shape index (κ2) is 1.33. The third kappa shape index (κ3) is 0.728. The Bertz CT molecular complexity index is 83.8. The Balaban J connectivity index is 2.43. The lowest BCUT2D eigenvalue weighted by molar-refractivity contribution is -0.188. The van der Waals surface area contributed by atoms with Crippen molar-refractivity contribution in [2.45, 2.75) is 24.1 Å². The fourth-order valence-corrected chi connectivity index (χ4v) is 0.699. The van der Waals surface area contributed by atoms with E-state index >= 15 is 0 Å². The lowest BCUT2D eigenvalue weighted by Crippen LogP contribution is -2.42. The van der Waals surface area contributed by atoms with E-state index in [4.69, 9.17) is 11.6 Å². The summed E-state index contributed by atoms with van der Waals surface area (Å²) in [5.74, 6) is -2.30. The Morgan fingerprint density at radius 3 is 2.29 bits per heavy atom. The van der Waals surface area contributed by atoms with E-state index in [0.717, 1.165) is 0 Å². The lowest BCUT2D eigenvalue weighted by atomic mass is 9.93. The van der Waals surface area contributed by atoms with E-state index in [9.17, 15) is 9.50 Å². The molecule has 1 aliphatic carbocycles. The first-order valence-electron chi connectivity index (χ1n) is 2.16. The summed E-state index contributed by atoms with van der Waals surface area (Å²) in [5.41, 5.74) is 0. The smallest absolute Gasteiger partial charge is 0.208 e. The summed E-state index contributed by atoms with van der Waals surface area (Å²) in [6, 6.07) is 0. The molecule has 0 amide bonds. The van der Waals surface area contributed by atoms with Crippen molar-refractivity contribution in [2.24, 2.45) is 0 Å². The molecule has 0 bridgehead atoms. The van der Waals surface area contributed by atoms with Crippen LogP contribution >= 0.6 is 11.6 Å². The molecular formula is C4H5ClFO. The molecule has 0 heterocycles. The van der Waals surface area contributed by atoms with Gasteiger partial charge in [0.05, 0.1) is 5.38 Å². The summed E-state index contributed by atoms with van der Waals surface area (Å²) in [6.07, 6.45) is 0.614. The molecule has 0 N–H and O–H groups in total. The summed E-state index contributed by atoms with van der Waals surface area (Å²) in [4.78, 5) is 0. The average Bonchev–Trinajstić information content (AvgIpc) is 1.63. The van der Waals surface area contributed by atoms with Crippen LogP contribution in [0.3, 0.4) is 0 Å². The maximum atomic E-state index is 11.9. The van der Waals surface area contributed by atoms with E-state index in [2.05, 4.69) is 0 Å². The van der Waals surface area contributed by atoms with Crippen molar-refractivity contribution in [3.63, 3.8) is 0 Å². The van der Waals surface area contributed by atoms with Crippen LogP contribution in [0, 0.1) is 0 Å². The molecule has 1 nitrogen and oxygen atoms in total. The molecule has 41 valence electrons. The minimum Gasteiger partial charge on any atom is -0.208 e. The van der Waals surface area contributed by atoms with E-state index in [1.54, 1.807) is 0 Å². The third-order valence-corrected chi connectivity index (χ3v) is 1.75. The highest BCUT2D eigenvalue weighted by Crippen LogP contribution is 2.38. The Kier molecular flexibility index (Phi) is 1.01. The fraction of sp³-hybridized carbons (Fsp3) is 1.00. The zero-order valence-corrected chi connectivity index (χ0v) is 4.41. The zero-order valence-electron chi connectivity index (χ0n) is 3.66.